The van der Waals surface area contributed by atoms with Crippen molar-refractivity contribution < 1.29 is 17.6 Å². The Morgan fingerprint density at radius 2 is 1.82 bits per heavy atom. The quantitative estimate of drug-likeness (QED) is 0.531. The molecule has 0 unspecified atom stereocenters. The Morgan fingerprint density at radius 3 is 2.36 bits per heavy atom. The van der Waals surface area contributed by atoms with Crippen molar-refractivity contribution in [3.8, 4) is 6.07 Å². The van der Waals surface area contributed by atoms with Crippen LogP contribution in [0.1, 0.15) is 16.8 Å². The molecule has 9 heteroatoms. The lowest BCUT2D eigenvalue weighted by molar-refractivity contribution is -0.141. The van der Waals surface area contributed by atoms with Crippen molar-refractivity contribution in [2.45, 2.75) is 17.1 Å². The van der Waals surface area contributed by atoms with Gasteiger partial charge in [0.1, 0.15) is 23.3 Å². The number of hydrogen-bond donors (Lipinski definition) is 1. The van der Waals surface area contributed by atoms with Crippen molar-refractivity contribution in [1.29, 1.82) is 5.26 Å². The van der Waals surface area contributed by atoms with Crippen LogP contribution in [0.25, 0.3) is 0 Å². The van der Waals surface area contributed by atoms with Crippen molar-refractivity contribution >= 4 is 17.6 Å². The molecule has 0 fully saturated rings. The van der Waals surface area contributed by atoms with Gasteiger partial charge < -0.3 is 5.73 Å². The van der Waals surface area contributed by atoms with Gasteiger partial charge in [0.05, 0.1) is 0 Å². The van der Waals surface area contributed by atoms with Gasteiger partial charge in [-0.05, 0) is 17.7 Å². The van der Waals surface area contributed by atoms with Crippen LogP contribution in [-0.4, -0.2) is 9.97 Å². The van der Waals surface area contributed by atoms with Crippen LogP contribution in [0.3, 0.4) is 0 Å². The average molecular weight is 328 g/mol. The molecular formula is C13H8F4N4S. The molecule has 1 aromatic heterocycles. The molecule has 0 spiro atoms. The maximum absolute atomic E-state index is 12.9. The molecule has 0 aliphatic heterocycles. The third kappa shape index (κ3) is 3.65. The minimum Gasteiger partial charge on any atom is -0.382 e. The van der Waals surface area contributed by atoms with Crippen LogP contribution in [0.4, 0.5) is 23.4 Å². The molecule has 114 valence electrons. The van der Waals surface area contributed by atoms with E-state index >= 15 is 0 Å². The molecule has 22 heavy (non-hydrogen) atoms. The van der Waals surface area contributed by atoms with E-state index in [1.807, 2.05) is 0 Å². The monoisotopic (exact) mass is 328 g/mol. The number of anilines is 1. The minimum absolute atomic E-state index is 0.201. The van der Waals surface area contributed by atoms with Gasteiger partial charge in [-0.3, -0.25) is 0 Å². The second kappa shape index (κ2) is 6.19. The highest BCUT2D eigenvalue weighted by Gasteiger charge is 2.37. The predicted molar refractivity (Wildman–Crippen MR) is 72.1 cm³/mol. The van der Waals surface area contributed by atoms with Gasteiger partial charge in [-0.1, -0.05) is 23.9 Å². The fourth-order valence-corrected chi connectivity index (χ4v) is 2.37. The number of hydrogen-bond acceptors (Lipinski definition) is 5. The Labute approximate surface area is 127 Å². The second-order valence-electron chi connectivity index (χ2n) is 4.14. The fraction of sp³-hybridized carbons (Fsp3) is 0.154. The summed E-state index contributed by atoms with van der Waals surface area (Å²) >= 11 is 0.909. The first-order valence-electron chi connectivity index (χ1n) is 5.83. The molecule has 0 bridgehead atoms. The Morgan fingerprint density at radius 1 is 1.18 bits per heavy atom. The fourth-order valence-electron chi connectivity index (χ4n) is 1.57. The number of nitriles is 1. The number of nitrogen functional groups attached to an aromatic ring is 1. The first-order chi connectivity index (χ1) is 10.3. The molecule has 0 aliphatic rings. The van der Waals surface area contributed by atoms with Crippen molar-refractivity contribution in [2.75, 3.05) is 5.73 Å². The Balaban J connectivity index is 2.27. The summed E-state index contributed by atoms with van der Waals surface area (Å²) in [6, 6.07) is 6.84. The van der Waals surface area contributed by atoms with E-state index in [1.54, 1.807) is 0 Å². The van der Waals surface area contributed by atoms with Crippen molar-refractivity contribution in [3.63, 3.8) is 0 Å². The van der Waals surface area contributed by atoms with Gasteiger partial charge in [-0.2, -0.15) is 18.4 Å². The van der Waals surface area contributed by atoms with Crippen LogP contribution in [-0.2, 0) is 11.9 Å². The van der Waals surface area contributed by atoms with E-state index in [1.165, 1.54) is 30.3 Å². The highest BCUT2D eigenvalue weighted by Crippen LogP contribution is 2.33. The minimum atomic E-state index is -4.80. The van der Waals surface area contributed by atoms with Gasteiger partial charge in [-0.15, -0.1) is 0 Å². The van der Waals surface area contributed by atoms with E-state index in [0.29, 0.717) is 5.56 Å². The smallest absolute Gasteiger partial charge is 0.382 e. The first-order valence-corrected chi connectivity index (χ1v) is 6.82. The summed E-state index contributed by atoms with van der Waals surface area (Å²) in [5, 5.41) is 8.53. The zero-order valence-electron chi connectivity index (χ0n) is 10.9. The van der Waals surface area contributed by atoms with E-state index in [9.17, 15) is 17.6 Å². The number of alkyl halides is 3. The number of benzene rings is 1. The summed E-state index contributed by atoms with van der Waals surface area (Å²) in [7, 11) is 0. The zero-order chi connectivity index (χ0) is 16.3. The second-order valence-corrected chi connectivity index (χ2v) is 5.08. The lowest BCUT2D eigenvalue weighted by atomic mass is 10.2. The SMILES string of the molecule is N#Cc1c(N)nc(SCc2ccc(F)cc2)nc1C(F)(F)F. The maximum Gasteiger partial charge on any atom is 0.434 e. The molecule has 2 N–H and O–H groups in total. The Hall–Kier alpha value is -2.34. The van der Waals surface area contributed by atoms with E-state index in [0.717, 1.165) is 11.8 Å². The largest absolute Gasteiger partial charge is 0.434 e. The van der Waals surface area contributed by atoms with Crippen molar-refractivity contribution in [3.05, 3.63) is 46.9 Å². The molecule has 0 radical (unpaired) electrons. The first kappa shape index (κ1) is 16.0. The highest BCUT2D eigenvalue weighted by molar-refractivity contribution is 7.98. The average Bonchev–Trinajstić information content (AvgIpc) is 2.45. The molecule has 0 amide bonds. The van der Waals surface area contributed by atoms with Crippen molar-refractivity contribution in [2.24, 2.45) is 0 Å². The zero-order valence-corrected chi connectivity index (χ0v) is 11.7. The summed E-state index contributed by atoms with van der Waals surface area (Å²) in [6.07, 6.45) is -4.80. The number of thioether (sulfide) groups is 1. The molecule has 0 aliphatic carbocycles. The molecule has 4 nitrogen and oxygen atoms in total. The van der Waals surface area contributed by atoms with Crippen LogP contribution >= 0.6 is 11.8 Å². The predicted octanol–water partition coefficient (Wildman–Crippen LogP) is 3.38. The van der Waals surface area contributed by atoms with Crippen LogP contribution < -0.4 is 5.73 Å². The van der Waals surface area contributed by atoms with E-state index in [-0.39, 0.29) is 10.9 Å². The molecular weight excluding hydrogens is 320 g/mol. The summed E-state index contributed by atoms with van der Waals surface area (Å²) in [4.78, 5) is 7.04. The molecule has 1 aromatic carbocycles. The maximum atomic E-state index is 12.9. The molecule has 1 heterocycles. The number of rotatable bonds is 3. The molecule has 0 saturated heterocycles. The van der Waals surface area contributed by atoms with Crippen LogP contribution in [0.5, 0.6) is 0 Å². The summed E-state index contributed by atoms with van der Waals surface area (Å²) in [5.41, 5.74) is 3.92. The normalized spacial score (nSPS) is 11.2. The summed E-state index contributed by atoms with van der Waals surface area (Å²) in [5.74, 6) is -0.693. The number of nitrogens with zero attached hydrogens (tertiary/aromatic N) is 3. The number of halogens is 4. The summed E-state index contributed by atoms with van der Waals surface area (Å²) in [6.45, 7) is 0. The topological polar surface area (TPSA) is 75.6 Å². The van der Waals surface area contributed by atoms with E-state index in [2.05, 4.69) is 9.97 Å². The van der Waals surface area contributed by atoms with Crippen molar-refractivity contribution in [1.82, 2.24) is 9.97 Å². The standard InChI is InChI=1S/C13H8F4N4S/c14-8-3-1-7(2-4-8)6-22-12-20-10(13(15,16)17)9(5-18)11(19)21-12/h1-4H,6H2,(H2,19,20,21). The molecule has 0 atom stereocenters. The van der Waals surface area contributed by atoms with Gasteiger partial charge >= 0.3 is 6.18 Å². The Kier molecular flexibility index (Phi) is 4.51. The number of nitrogens with two attached hydrogens (primary N) is 1. The van der Waals surface area contributed by atoms with Crippen LogP contribution in [0, 0.1) is 17.1 Å². The third-order valence-corrected chi connectivity index (χ3v) is 3.50. The van der Waals surface area contributed by atoms with Gasteiger partial charge in [-0.25, -0.2) is 14.4 Å². The Bertz CT molecular complexity index is 723. The lowest BCUT2D eigenvalue weighted by Crippen LogP contribution is -2.14. The van der Waals surface area contributed by atoms with Crippen LogP contribution in [0.15, 0.2) is 29.4 Å². The molecule has 2 aromatic rings. The number of aromatic nitrogens is 2. The molecule has 0 saturated carbocycles. The van der Waals surface area contributed by atoms with Gasteiger partial charge in [0.15, 0.2) is 10.9 Å². The highest BCUT2D eigenvalue weighted by atomic mass is 32.2. The molecule has 2 rings (SSSR count). The van der Waals surface area contributed by atoms with Gasteiger partial charge in [0, 0.05) is 5.75 Å². The van der Waals surface area contributed by atoms with Crippen LogP contribution in [0.2, 0.25) is 0 Å². The summed E-state index contributed by atoms with van der Waals surface area (Å²) < 4.78 is 51.3. The van der Waals surface area contributed by atoms with E-state index < -0.39 is 29.1 Å². The third-order valence-electron chi connectivity index (χ3n) is 2.58. The van der Waals surface area contributed by atoms with Gasteiger partial charge in [0.25, 0.3) is 0 Å². The lowest BCUT2D eigenvalue weighted by Gasteiger charge is -2.10. The van der Waals surface area contributed by atoms with Gasteiger partial charge in [0.2, 0.25) is 0 Å². The van der Waals surface area contributed by atoms with E-state index in [4.69, 9.17) is 11.0 Å².